The fraction of sp³-hybridized carbons (Fsp3) is 0.364. The summed E-state index contributed by atoms with van der Waals surface area (Å²) in [5.41, 5.74) is 0.816. The highest BCUT2D eigenvalue weighted by atomic mass is 32.1. The quantitative estimate of drug-likeness (QED) is 0.493. The van der Waals surface area contributed by atoms with Gasteiger partial charge in [-0.2, -0.15) is 0 Å². The number of anilines is 2. The van der Waals surface area contributed by atoms with Crippen molar-refractivity contribution in [2.75, 3.05) is 23.7 Å². The molecule has 4 amide bonds. The average Bonchev–Trinajstić information content (AvgIpc) is 3.43. The van der Waals surface area contributed by atoms with Crippen LogP contribution in [0.25, 0.3) is 0 Å². The van der Waals surface area contributed by atoms with Gasteiger partial charge in [0.05, 0.1) is 6.54 Å². The van der Waals surface area contributed by atoms with Crippen LogP contribution in [-0.2, 0) is 24.6 Å². The zero-order chi connectivity index (χ0) is 22.3. The van der Waals surface area contributed by atoms with Gasteiger partial charge in [-0.25, -0.2) is 0 Å². The van der Waals surface area contributed by atoms with Gasteiger partial charge in [-0.15, -0.1) is 11.3 Å². The zero-order valence-corrected chi connectivity index (χ0v) is 18.1. The molecule has 1 heterocycles. The highest BCUT2D eigenvalue weighted by molar-refractivity contribution is 7.10. The third kappa shape index (κ3) is 6.14. The fourth-order valence-corrected chi connectivity index (χ4v) is 4.77. The second-order valence-corrected chi connectivity index (χ2v) is 8.59. The van der Waals surface area contributed by atoms with Gasteiger partial charge in [-0.1, -0.05) is 25.0 Å². The lowest BCUT2D eigenvalue weighted by molar-refractivity contribution is -0.136. The summed E-state index contributed by atoms with van der Waals surface area (Å²) in [5, 5.41) is 12.3. The van der Waals surface area contributed by atoms with E-state index >= 15 is 0 Å². The van der Waals surface area contributed by atoms with Gasteiger partial charge < -0.3 is 21.3 Å². The molecule has 0 radical (unpaired) electrons. The van der Waals surface area contributed by atoms with E-state index in [0.29, 0.717) is 17.9 Å². The summed E-state index contributed by atoms with van der Waals surface area (Å²) in [5.74, 6) is -2.38. The molecule has 0 bridgehead atoms. The van der Waals surface area contributed by atoms with Crippen LogP contribution in [0, 0.1) is 0 Å². The Morgan fingerprint density at radius 3 is 2.29 bits per heavy atom. The van der Waals surface area contributed by atoms with Crippen molar-refractivity contribution in [3.8, 4) is 0 Å². The van der Waals surface area contributed by atoms with E-state index in [9.17, 15) is 19.2 Å². The maximum absolute atomic E-state index is 12.2. The van der Waals surface area contributed by atoms with Gasteiger partial charge in [0.25, 0.3) is 0 Å². The van der Waals surface area contributed by atoms with E-state index in [4.69, 9.17) is 0 Å². The molecule has 31 heavy (non-hydrogen) atoms. The van der Waals surface area contributed by atoms with Crippen LogP contribution < -0.4 is 21.3 Å². The van der Waals surface area contributed by atoms with Crippen molar-refractivity contribution < 1.29 is 19.2 Å². The van der Waals surface area contributed by atoms with E-state index in [-0.39, 0.29) is 23.8 Å². The molecular formula is C22H26N4O4S. The van der Waals surface area contributed by atoms with Gasteiger partial charge in [-0.3, -0.25) is 19.2 Å². The third-order valence-electron chi connectivity index (χ3n) is 5.29. The molecule has 9 heteroatoms. The van der Waals surface area contributed by atoms with Gasteiger partial charge in [0, 0.05) is 35.1 Å². The minimum atomic E-state index is -0.908. The van der Waals surface area contributed by atoms with Crippen LogP contribution in [0.2, 0.25) is 0 Å². The summed E-state index contributed by atoms with van der Waals surface area (Å²) >= 11 is 1.70. The van der Waals surface area contributed by atoms with E-state index in [1.165, 1.54) is 17.9 Å². The first-order chi connectivity index (χ1) is 14.9. The Kier molecular flexibility index (Phi) is 7.41. The SMILES string of the molecule is CC(=O)Nc1cccc(NC(=O)C(=O)NCC(=O)NCC2(c3cccs3)CCCC2)c1. The summed E-state index contributed by atoms with van der Waals surface area (Å²) in [6.45, 7) is 1.61. The normalized spacial score (nSPS) is 14.5. The summed E-state index contributed by atoms with van der Waals surface area (Å²) < 4.78 is 0. The lowest BCUT2D eigenvalue weighted by Gasteiger charge is -2.28. The number of amides is 4. The van der Waals surface area contributed by atoms with Crippen molar-refractivity contribution in [2.24, 2.45) is 0 Å². The van der Waals surface area contributed by atoms with Crippen LogP contribution in [0.3, 0.4) is 0 Å². The standard InChI is InChI=1S/C22H26N4O4S/c1-15(27)25-16-6-4-7-17(12-16)26-21(30)20(29)23-13-19(28)24-14-22(9-2-3-10-22)18-8-5-11-31-18/h4-8,11-12H,2-3,9-10,13-14H2,1H3,(H,23,29)(H,24,28)(H,25,27)(H,26,30). The highest BCUT2D eigenvalue weighted by Gasteiger charge is 2.36. The zero-order valence-electron chi connectivity index (χ0n) is 17.3. The van der Waals surface area contributed by atoms with E-state index in [1.807, 2.05) is 11.4 Å². The van der Waals surface area contributed by atoms with E-state index in [2.05, 4.69) is 27.3 Å². The molecule has 8 nitrogen and oxygen atoms in total. The molecule has 1 saturated carbocycles. The lowest BCUT2D eigenvalue weighted by Crippen LogP contribution is -2.45. The Bertz CT molecular complexity index is 952. The number of hydrogen-bond acceptors (Lipinski definition) is 5. The Morgan fingerprint density at radius 2 is 1.65 bits per heavy atom. The second-order valence-electron chi connectivity index (χ2n) is 7.64. The predicted molar refractivity (Wildman–Crippen MR) is 120 cm³/mol. The molecule has 1 fully saturated rings. The molecule has 1 aliphatic carbocycles. The van der Waals surface area contributed by atoms with Crippen LogP contribution in [0.15, 0.2) is 41.8 Å². The second kappa shape index (κ2) is 10.2. The minimum Gasteiger partial charge on any atom is -0.354 e. The number of rotatable bonds is 7. The smallest absolute Gasteiger partial charge is 0.313 e. The molecule has 1 aromatic carbocycles. The molecule has 1 aromatic heterocycles. The van der Waals surface area contributed by atoms with Crippen LogP contribution in [0.1, 0.15) is 37.5 Å². The number of benzene rings is 1. The largest absolute Gasteiger partial charge is 0.354 e. The molecule has 3 rings (SSSR count). The van der Waals surface area contributed by atoms with Crippen molar-refractivity contribution in [3.05, 3.63) is 46.7 Å². The molecule has 0 unspecified atom stereocenters. The van der Waals surface area contributed by atoms with Crippen molar-refractivity contribution in [1.82, 2.24) is 10.6 Å². The molecular weight excluding hydrogens is 416 g/mol. The number of carbonyl (C=O) groups is 4. The van der Waals surface area contributed by atoms with Crippen molar-refractivity contribution in [2.45, 2.75) is 38.0 Å². The Hall–Kier alpha value is -3.20. The number of thiophene rings is 1. The summed E-state index contributed by atoms with van der Waals surface area (Å²) in [6, 6.07) is 10.6. The maximum atomic E-state index is 12.2. The van der Waals surface area contributed by atoms with Gasteiger partial charge in [0.15, 0.2) is 0 Å². The summed E-state index contributed by atoms with van der Waals surface area (Å²) in [7, 11) is 0. The average molecular weight is 443 g/mol. The molecule has 0 saturated heterocycles. The van der Waals surface area contributed by atoms with E-state index in [0.717, 1.165) is 25.7 Å². The molecule has 164 valence electrons. The molecule has 0 spiro atoms. The first-order valence-electron chi connectivity index (χ1n) is 10.2. The van der Waals surface area contributed by atoms with Gasteiger partial charge in [-0.05, 0) is 42.5 Å². The molecule has 0 aliphatic heterocycles. The first-order valence-corrected chi connectivity index (χ1v) is 11.0. The Morgan fingerprint density at radius 1 is 0.935 bits per heavy atom. The molecule has 0 atom stereocenters. The number of hydrogen-bond donors (Lipinski definition) is 4. The Labute approximate surface area is 184 Å². The van der Waals surface area contributed by atoms with Crippen LogP contribution >= 0.6 is 11.3 Å². The molecule has 2 aromatic rings. The minimum absolute atomic E-state index is 0.0376. The number of carbonyl (C=O) groups excluding carboxylic acids is 4. The predicted octanol–water partition coefficient (Wildman–Crippen LogP) is 2.39. The topological polar surface area (TPSA) is 116 Å². The van der Waals surface area contributed by atoms with Crippen LogP contribution in [0.5, 0.6) is 0 Å². The fourth-order valence-electron chi connectivity index (χ4n) is 3.78. The molecule has 4 N–H and O–H groups in total. The van der Waals surface area contributed by atoms with Gasteiger partial charge in [0.1, 0.15) is 0 Å². The van der Waals surface area contributed by atoms with E-state index < -0.39 is 11.8 Å². The summed E-state index contributed by atoms with van der Waals surface area (Å²) in [4.78, 5) is 48.8. The number of nitrogens with one attached hydrogen (secondary N) is 4. The summed E-state index contributed by atoms with van der Waals surface area (Å²) in [6.07, 6.45) is 4.32. The van der Waals surface area contributed by atoms with Gasteiger partial charge >= 0.3 is 11.8 Å². The van der Waals surface area contributed by atoms with Crippen LogP contribution in [0.4, 0.5) is 11.4 Å². The van der Waals surface area contributed by atoms with Crippen molar-refractivity contribution >= 4 is 46.3 Å². The van der Waals surface area contributed by atoms with Gasteiger partial charge in [0.2, 0.25) is 11.8 Å². The van der Waals surface area contributed by atoms with Crippen molar-refractivity contribution in [1.29, 1.82) is 0 Å². The third-order valence-corrected chi connectivity index (χ3v) is 6.40. The first kappa shape index (κ1) is 22.5. The monoisotopic (exact) mass is 442 g/mol. The van der Waals surface area contributed by atoms with Crippen molar-refractivity contribution in [3.63, 3.8) is 0 Å². The maximum Gasteiger partial charge on any atom is 0.313 e. The molecule has 1 aliphatic rings. The lowest BCUT2D eigenvalue weighted by atomic mass is 9.84. The Balaban J connectivity index is 1.46. The van der Waals surface area contributed by atoms with E-state index in [1.54, 1.807) is 29.5 Å². The highest BCUT2D eigenvalue weighted by Crippen LogP contribution is 2.42. The van der Waals surface area contributed by atoms with Crippen LogP contribution in [-0.4, -0.2) is 36.7 Å².